The lowest BCUT2D eigenvalue weighted by atomic mass is 9.72. The second-order valence-electron chi connectivity index (χ2n) is 6.51. The number of carboxylic acids is 1. The summed E-state index contributed by atoms with van der Waals surface area (Å²) in [5, 5.41) is 28.4. The van der Waals surface area contributed by atoms with Gasteiger partial charge in [-0.15, -0.1) is 10.2 Å². The number of benzene rings is 1. The number of nitrogens with zero attached hydrogens (tertiary/aromatic N) is 5. The van der Waals surface area contributed by atoms with Crippen LogP contribution >= 0.6 is 0 Å². The minimum absolute atomic E-state index is 0.110. The Balaban J connectivity index is 1.86. The van der Waals surface area contributed by atoms with Crippen LogP contribution in [-0.4, -0.2) is 41.5 Å². The van der Waals surface area contributed by atoms with E-state index in [0.29, 0.717) is 17.8 Å². The molecule has 8 nitrogen and oxygen atoms in total. The predicted octanol–water partition coefficient (Wildman–Crippen LogP) is 2.27. The fourth-order valence-corrected chi connectivity index (χ4v) is 3.45. The Bertz CT molecular complexity index is 1060. The summed E-state index contributed by atoms with van der Waals surface area (Å²) >= 11 is 0. The number of nitrogens with one attached hydrogen (secondary N) is 1. The molecule has 1 aromatic carbocycles. The van der Waals surface area contributed by atoms with Crippen LogP contribution in [0.5, 0.6) is 0 Å². The lowest BCUT2D eigenvalue weighted by Gasteiger charge is -2.29. The zero-order valence-electron chi connectivity index (χ0n) is 14.9. The van der Waals surface area contributed by atoms with Crippen molar-refractivity contribution < 1.29 is 9.90 Å². The van der Waals surface area contributed by atoms with Crippen molar-refractivity contribution in [2.75, 3.05) is 0 Å². The normalized spacial score (nSPS) is 19.1. The molecule has 1 aliphatic carbocycles. The molecule has 2 N–H and O–H groups in total. The van der Waals surface area contributed by atoms with Crippen LogP contribution in [0.25, 0.3) is 5.57 Å². The molecule has 0 saturated carbocycles. The molecule has 0 spiro atoms. The largest absolute Gasteiger partial charge is 0.476 e. The van der Waals surface area contributed by atoms with E-state index in [2.05, 4.69) is 31.8 Å². The lowest BCUT2D eigenvalue weighted by Crippen LogP contribution is -2.30. The number of aromatic nitrogens is 6. The highest BCUT2D eigenvalue weighted by Gasteiger charge is 2.43. The van der Waals surface area contributed by atoms with Gasteiger partial charge in [-0.3, -0.25) is 4.68 Å². The summed E-state index contributed by atoms with van der Waals surface area (Å²) in [6.45, 7) is 1.90. The summed E-state index contributed by atoms with van der Waals surface area (Å²) in [6, 6.07) is 10.0. The first-order valence-corrected chi connectivity index (χ1v) is 8.49. The van der Waals surface area contributed by atoms with Crippen LogP contribution in [0.15, 0.2) is 48.6 Å². The molecule has 3 aromatic rings. The van der Waals surface area contributed by atoms with Crippen molar-refractivity contribution in [1.29, 1.82) is 0 Å². The van der Waals surface area contributed by atoms with Crippen LogP contribution in [0.2, 0.25) is 0 Å². The van der Waals surface area contributed by atoms with Gasteiger partial charge in [-0.25, -0.2) is 4.79 Å². The van der Waals surface area contributed by atoms with Gasteiger partial charge in [0.15, 0.2) is 5.69 Å². The van der Waals surface area contributed by atoms with E-state index in [0.717, 1.165) is 16.8 Å². The van der Waals surface area contributed by atoms with Crippen LogP contribution < -0.4 is 0 Å². The zero-order valence-corrected chi connectivity index (χ0v) is 14.9. The predicted molar refractivity (Wildman–Crippen MR) is 98.0 cm³/mol. The number of carboxylic acid groups (broad SMARTS) is 1. The number of aromatic amines is 1. The summed E-state index contributed by atoms with van der Waals surface area (Å²) in [5.41, 5.74) is 3.04. The molecule has 1 unspecified atom stereocenters. The average Bonchev–Trinajstić information content (AvgIpc) is 3.31. The van der Waals surface area contributed by atoms with Gasteiger partial charge in [0.1, 0.15) is 11.4 Å². The van der Waals surface area contributed by atoms with Crippen molar-refractivity contribution in [2.24, 2.45) is 7.05 Å². The SMILES string of the molecule is Cc1c(C2(c3n[nH]nc3C(=O)O)C=CC(c3ccccc3)=CC2)nnn1C. The van der Waals surface area contributed by atoms with Crippen molar-refractivity contribution in [2.45, 2.75) is 18.8 Å². The van der Waals surface area contributed by atoms with Gasteiger partial charge in [-0.1, -0.05) is 53.8 Å². The maximum absolute atomic E-state index is 11.7. The molecule has 1 atom stereocenters. The van der Waals surface area contributed by atoms with Gasteiger partial charge >= 0.3 is 5.97 Å². The van der Waals surface area contributed by atoms with Crippen LogP contribution in [0.3, 0.4) is 0 Å². The molecule has 8 heteroatoms. The van der Waals surface area contributed by atoms with Crippen LogP contribution in [0.1, 0.15) is 39.6 Å². The van der Waals surface area contributed by atoms with Crippen molar-refractivity contribution in [3.05, 3.63) is 76.9 Å². The number of aryl methyl sites for hydroxylation is 1. The summed E-state index contributed by atoms with van der Waals surface area (Å²) < 4.78 is 1.67. The third-order valence-electron chi connectivity index (χ3n) is 5.00. The minimum atomic E-state index is -1.13. The lowest BCUT2D eigenvalue weighted by molar-refractivity contribution is 0.0688. The van der Waals surface area contributed by atoms with Gasteiger partial charge < -0.3 is 5.11 Å². The Hall–Kier alpha value is -3.55. The molecule has 0 saturated heterocycles. The van der Waals surface area contributed by atoms with E-state index in [-0.39, 0.29) is 5.69 Å². The smallest absolute Gasteiger partial charge is 0.358 e. The molecule has 0 amide bonds. The molecule has 2 heterocycles. The Kier molecular flexibility index (Phi) is 3.95. The number of rotatable bonds is 4. The van der Waals surface area contributed by atoms with Gasteiger partial charge in [-0.05, 0) is 24.5 Å². The van der Waals surface area contributed by atoms with Gasteiger partial charge in [0.05, 0.1) is 11.1 Å². The number of hydrogen-bond donors (Lipinski definition) is 2. The Morgan fingerprint density at radius 3 is 2.59 bits per heavy atom. The fourth-order valence-electron chi connectivity index (χ4n) is 3.45. The number of H-pyrrole nitrogens is 1. The highest BCUT2D eigenvalue weighted by Crippen LogP contribution is 2.42. The van der Waals surface area contributed by atoms with E-state index in [1.807, 2.05) is 49.4 Å². The Morgan fingerprint density at radius 2 is 2.00 bits per heavy atom. The maximum atomic E-state index is 11.7. The average molecular weight is 362 g/mol. The van der Waals surface area contributed by atoms with Crippen molar-refractivity contribution in [3.63, 3.8) is 0 Å². The van der Waals surface area contributed by atoms with Crippen molar-refractivity contribution in [1.82, 2.24) is 30.4 Å². The summed E-state index contributed by atoms with van der Waals surface area (Å²) in [5.74, 6) is -1.13. The number of aromatic carboxylic acids is 1. The van der Waals surface area contributed by atoms with Gasteiger partial charge in [-0.2, -0.15) is 10.3 Å². The molecule has 0 radical (unpaired) electrons. The molecule has 27 heavy (non-hydrogen) atoms. The Labute approximate surface area is 155 Å². The molecule has 0 aliphatic heterocycles. The molecule has 136 valence electrons. The highest BCUT2D eigenvalue weighted by molar-refractivity contribution is 5.87. The second kappa shape index (κ2) is 6.31. The monoisotopic (exact) mass is 362 g/mol. The van der Waals surface area contributed by atoms with Crippen molar-refractivity contribution >= 4 is 11.5 Å². The van der Waals surface area contributed by atoms with E-state index < -0.39 is 11.4 Å². The zero-order chi connectivity index (χ0) is 19.0. The van der Waals surface area contributed by atoms with Crippen LogP contribution in [0.4, 0.5) is 0 Å². The van der Waals surface area contributed by atoms with Crippen LogP contribution in [0, 0.1) is 6.92 Å². The number of hydrogen-bond acceptors (Lipinski definition) is 5. The summed E-state index contributed by atoms with van der Waals surface area (Å²) in [4.78, 5) is 11.7. The quantitative estimate of drug-likeness (QED) is 0.737. The summed E-state index contributed by atoms with van der Waals surface area (Å²) in [7, 11) is 1.80. The van der Waals surface area contributed by atoms with Gasteiger partial charge in [0, 0.05) is 7.05 Å². The third kappa shape index (κ3) is 2.66. The summed E-state index contributed by atoms with van der Waals surface area (Å²) in [6.07, 6.45) is 6.51. The minimum Gasteiger partial charge on any atom is -0.476 e. The van der Waals surface area contributed by atoms with E-state index in [4.69, 9.17) is 0 Å². The van der Waals surface area contributed by atoms with Gasteiger partial charge in [0.2, 0.25) is 0 Å². The maximum Gasteiger partial charge on any atom is 0.358 e. The molecular weight excluding hydrogens is 344 g/mol. The molecule has 0 fully saturated rings. The number of carbonyl (C=O) groups is 1. The number of allylic oxidation sites excluding steroid dienone is 4. The van der Waals surface area contributed by atoms with Crippen LogP contribution in [-0.2, 0) is 12.5 Å². The van der Waals surface area contributed by atoms with Crippen molar-refractivity contribution in [3.8, 4) is 0 Å². The molecule has 0 bridgehead atoms. The van der Waals surface area contributed by atoms with E-state index in [1.54, 1.807) is 11.7 Å². The van der Waals surface area contributed by atoms with E-state index in [9.17, 15) is 9.90 Å². The van der Waals surface area contributed by atoms with E-state index >= 15 is 0 Å². The molecule has 1 aliphatic rings. The molecule has 2 aromatic heterocycles. The topological polar surface area (TPSA) is 110 Å². The first-order valence-electron chi connectivity index (χ1n) is 8.49. The molecular formula is C19H18N6O2. The second-order valence-corrected chi connectivity index (χ2v) is 6.51. The highest BCUT2D eigenvalue weighted by atomic mass is 16.4. The molecule has 4 rings (SSSR count). The van der Waals surface area contributed by atoms with E-state index in [1.165, 1.54) is 0 Å². The van der Waals surface area contributed by atoms with Gasteiger partial charge in [0.25, 0.3) is 0 Å². The standard InChI is InChI=1S/C19H18N6O2/c1-12-16(22-24-25(12)2)19(17-15(18(26)27)20-23-21-17)10-8-14(9-11-19)13-6-4-3-5-7-13/h3-10H,11H2,1-2H3,(H,26,27)(H,20,21,23). The first kappa shape index (κ1) is 16.9. The Morgan fingerprint density at radius 1 is 1.22 bits per heavy atom. The third-order valence-corrected chi connectivity index (χ3v) is 5.00. The fraction of sp³-hybridized carbons (Fsp3) is 0.211. The first-order chi connectivity index (χ1) is 13.0.